The largest absolute Gasteiger partial charge is 0.368 e. The maximum Gasteiger partial charge on any atom is 0.246 e. The van der Waals surface area contributed by atoms with E-state index in [1.165, 1.54) is 16.8 Å². The van der Waals surface area contributed by atoms with E-state index in [1.807, 2.05) is 11.8 Å². The van der Waals surface area contributed by atoms with E-state index < -0.39 is 0 Å². The molecule has 1 aliphatic heterocycles. The number of anilines is 1. The molecule has 1 aromatic rings. The molecule has 3 heteroatoms. The summed E-state index contributed by atoms with van der Waals surface area (Å²) in [6.45, 7) is 9.62. The number of aryl methyl sites for hydroxylation is 1. The molecule has 0 aromatic heterocycles. The van der Waals surface area contributed by atoms with Gasteiger partial charge in [0.1, 0.15) is 0 Å². The smallest absolute Gasteiger partial charge is 0.246 e. The minimum Gasteiger partial charge on any atom is -0.368 e. The van der Waals surface area contributed by atoms with Crippen LogP contribution in [0.1, 0.15) is 18.1 Å². The van der Waals surface area contributed by atoms with E-state index in [2.05, 4.69) is 36.9 Å². The zero-order chi connectivity index (χ0) is 13.8. The maximum absolute atomic E-state index is 11.8. The average Bonchev–Trinajstić information content (AvgIpc) is 2.42. The maximum atomic E-state index is 11.8. The number of piperazine rings is 1. The Balaban J connectivity index is 2.04. The van der Waals surface area contributed by atoms with Crippen LogP contribution >= 0.6 is 0 Å². The van der Waals surface area contributed by atoms with Gasteiger partial charge in [0.25, 0.3) is 0 Å². The summed E-state index contributed by atoms with van der Waals surface area (Å²) in [6.07, 6.45) is 3.45. The highest BCUT2D eigenvalue weighted by atomic mass is 16.2. The topological polar surface area (TPSA) is 23.6 Å². The summed E-state index contributed by atoms with van der Waals surface area (Å²) in [5.41, 5.74) is 3.97. The number of allylic oxidation sites excluding steroid dienone is 1. The molecule has 0 atom stereocenters. The second-order valence-electron chi connectivity index (χ2n) is 5.03. The van der Waals surface area contributed by atoms with Crippen molar-refractivity contribution >= 4 is 11.6 Å². The standard InChI is InChI=1S/C16H22N2O/c1-4-6-16(19)18-11-9-17(10-12-18)15-8-5-7-13(2)14(15)3/h4-8H,9-12H2,1-3H3. The summed E-state index contributed by atoms with van der Waals surface area (Å²) in [7, 11) is 0. The summed E-state index contributed by atoms with van der Waals surface area (Å²) in [5, 5.41) is 0. The number of hydrogen-bond donors (Lipinski definition) is 0. The van der Waals surface area contributed by atoms with Crippen LogP contribution in [0.25, 0.3) is 0 Å². The van der Waals surface area contributed by atoms with Crippen LogP contribution in [-0.4, -0.2) is 37.0 Å². The molecule has 102 valence electrons. The van der Waals surface area contributed by atoms with Gasteiger partial charge in [-0.15, -0.1) is 0 Å². The number of carbonyl (C=O) groups excluding carboxylic acids is 1. The Morgan fingerprint density at radius 3 is 2.47 bits per heavy atom. The van der Waals surface area contributed by atoms with Crippen molar-refractivity contribution in [2.45, 2.75) is 20.8 Å². The molecule has 0 bridgehead atoms. The number of carbonyl (C=O) groups is 1. The van der Waals surface area contributed by atoms with Gasteiger partial charge in [-0.25, -0.2) is 0 Å². The molecule has 0 aliphatic carbocycles. The summed E-state index contributed by atoms with van der Waals surface area (Å²) in [5.74, 6) is 0.128. The van der Waals surface area contributed by atoms with Crippen LogP contribution in [0.15, 0.2) is 30.4 Å². The van der Waals surface area contributed by atoms with Gasteiger partial charge < -0.3 is 9.80 Å². The molecule has 0 unspecified atom stereocenters. The molecule has 1 saturated heterocycles. The van der Waals surface area contributed by atoms with Crippen LogP contribution in [0, 0.1) is 13.8 Å². The molecule has 1 heterocycles. The third-order valence-electron chi connectivity index (χ3n) is 3.82. The van der Waals surface area contributed by atoms with Crippen LogP contribution in [0.2, 0.25) is 0 Å². The van der Waals surface area contributed by atoms with Crippen molar-refractivity contribution in [2.75, 3.05) is 31.1 Å². The lowest BCUT2D eigenvalue weighted by Crippen LogP contribution is -2.48. The van der Waals surface area contributed by atoms with E-state index in [9.17, 15) is 4.79 Å². The van der Waals surface area contributed by atoms with E-state index in [1.54, 1.807) is 12.2 Å². The first-order valence-electron chi connectivity index (χ1n) is 6.86. The highest BCUT2D eigenvalue weighted by Gasteiger charge is 2.20. The van der Waals surface area contributed by atoms with Gasteiger partial charge in [0.15, 0.2) is 0 Å². The van der Waals surface area contributed by atoms with Crippen LogP contribution in [0.5, 0.6) is 0 Å². The van der Waals surface area contributed by atoms with Crippen LogP contribution in [-0.2, 0) is 4.79 Å². The van der Waals surface area contributed by atoms with Crippen molar-refractivity contribution in [1.82, 2.24) is 4.90 Å². The fraction of sp³-hybridized carbons (Fsp3) is 0.438. The SMILES string of the molecule is CC=CC(=O)N1CCN(c2cccc(C)c2C)CC1. The average molecular weight is 258 g/mol. The molecular formula is C16H22N2O. The molecular weight excluding hydrogens is 236 g/mol. The molecule has 0 saturated carbocycles. The molecule has 1 aromatic carbocycles. The van der Waals surface area contributed by atoms with Gasteiger partial charge in [0.2, 0.25) is 5.91 Å². The Morgan fingerprint density at radius 1 is 1.16 bits per heavy atom. The highest BCUT2D eigenvalue weighted by molar-refractivity contribution is 5.87. The fourth-order valence-electron chi connectivity index (χ4n) is 2.49. The first-order chi connectivity index (χ1) is 9.13. The van der Waals surface area contributed by atoms with Crippen molar-refractivity contribution in [3.63, 3.8) is 0 Å². The van der Waals surface area contributed by atoms with E-state index in [4.69, 9.17) is 0 Å². The second-order valence-corrected chi connectivity index (χ2v) is 5.03. The van der Waals surface area contributed by atoms with Gasteiger partial charge in [0.05, 0.1) is 0 Å². The lowest BCUT2D eigenvalue weighted by Gasteiger charge is -2.36. The normalized spacial score (nSPS) is 16.2. The lowest BCUT2D eigenvalue weighted by atomic mass is 10.1. The molecule has 1 fully saturated rings. The van der Waals surface area contributed by atoms with Crippen molar-refractivity contribution < 1.29 is 4.79 Å². The monoisotopic (exact) mass is 258 g/mol. The summed E-state index contributed by atoms with van der Waals surface area (Å²) in [6, 6.07) is 6.42. The van der Waals surface area contributed by atoms with Crippen molar-refractivity contribution in [1.29, 1.82) is 0 Å². The van der Waals surface area contributed by atoms with Crippen molar-refractivity contribution in [3.05, 3.63) is 41.5 Å². The predicted molar refractivity (Wildman–Crippen MR) is 79.5 cm³/mol. The zero-order valence-corrected chi connectivity index (χ0v) is 12.0. The molecule has 0 spiro atoms. The quantitative estimate of drug-likeness (QED) is 0.761. The van der Waals surface area contributed by atoms with E-state index in [-0.39, 0.29) is 5.91 Å². The van der Waals surface area contributed by atoms with Crippen LogP contribution in [0.4, 0.5) is 5.69 Å². The molecule has 2 rings (SSSR count). The number of benzene rings is 1. The van der Waals surface area contributed by atoms with Gasteiger partial charge in [-0.2, -0.15) is 0 Å². The van der Waals surface area contributed by atoms with Gasteiger partial charge >= 0.3 is 0 Å². The lowest BCUT2D eigenvalue weighted by molar-refractivity contribution is -0.126. The Labute approximate surface area is 115 Å². The Hall–Kier alpha value is -1.77. The molecule has 3 nitrogen and oxygen atoms in total. The third-order valence-corrected chi connectivity index (χ3v) is 3.82. The minimum absolute atomic E-state index is 0.128. The van der Waals surface area contributed by atoms with Crippen molar-refractivity contribution in [3.8, 4) is 0 Å². The van der Waals surface area contributed by atoms with E-state index in [0.717, 1.165) is 26.2 Å². The molecule has 1 aliphatic rings. The number of rotatable bonds is 2. The first-order valence-corrected chi connectivity index (χ1v) is 6.86. The number of amides is 1. The summed E-state index contributed by atoms with van der Waals surface area (Å²) in [4.78, 5) is 16.1. The number of nitrogens with zero attached hydrogens (tertiary/aromatic N) is 2. The first kappa shape index (κ1) is 13.7. The fourth-order valence-corrected chi connectivity index (χ4v) is 2.49. The molecule has 1 amide bonds. The predicted octanol–water partition coefficient (Wildman–Crippen LogP) is 2.53. The van der Waals surface area contributed by atoms with Crippen LogP contribution in [0.3, 0.4) is 0 Å². The Kier molecular flexibility index (Phi) is 4.25. The molecule has 0 N–H and O–H groups in total. The van der Waals surface area contributed by atoms with Crippen molar-refractivity contribution in [2.24, 2.45) is 0 Å². The van der Waals surface area contributed by atoms with E-state index >= 15 is 0 Å². The third kappa shape index (κ3) is 2.98. The summed E-state index contributed by atoms with van der Waals surface area (Å²) >= 11 is 0. The number of hydrogen-bond acceptors (Lipinski definition) is 2. The van der Waals surface area contributed by atoms with Gasteiger partial charge in [-0.1, -0.05) is 18.2 Å². The van der Waals surface area contributed by atoms with Crippen LogP contribution < -0.4 is 4.90 Å². The minimum atomic E-state index is 0.128. The summed E-state index contributed by atoms with van der Waals surface area (Å²) < 4.78 is 0. The highest BCUT2D eigenvalue weighted by Crippen LogP contribution is 2.23. The molecule has 0 radical (unpaired) electrons. The van der Waals surface area contributed by atoms with Gasteiger partial charge in [0, 0.05) is 31.9 Å². The van der Waals surface area contributed by atoms with Gasteiger partial charge in [-0.05, 0) is 44.0 Å². The zero-order valence-electron chi connectivity index (χ0n) is 12.0. The van der Waals surface area contributed by atoms with Gasteiger partial charge in [-0.3, -0.25) is 4.79 Å². The Morgan fingerprint density at radius 2 is 1.84 bits per heavy atom. The molecule has 19 heavy (non-hydrogen) atoms. The Bertz CT molecular complexity index is 486. The van der Waals surface area contributed by atoms with E-state index in [0.29, 0.717) is 0 Å². The second kappa shape index (κ2) is 5.91.